The quantitative estimate of drug-likeness (QED) is 0.0932. The summed E-state index contributed by atoms with van der Waals surface area (Å²) in [5, 5.41) is 12.2. The summed E-state index contributed by atoms with van der Waals surface area (Å²) in [6.07, 6.45) is 4.74. The van der Waals surface area contributed by atoms with Gasteiger partial charge in [0.2, 0.25) is 17.6 Å². The highest BCUT2D eigenvalue weighted by atomic mass is 32.2. The standard InChI is InChI=1S/C37H67N7O7S/c1-12-17-26(29(45)32(47)38-19-13-2)39-31(46)28-25(24(3)4)18-22-44(28)35(48)30(37(8,9)10)41-34-33(51-34)40-27(36(5,6)7)23-42(11)52(49,50)43-20-15-14-16-21-43/h13,24-28,30,33-34,40-41H,2,12,14-23H2,1,3-11H3,(H,38,47)(H,39,46)/t25-,26?,27-,28+,30-,33?,34?/m1/s1. The van der Waals surface area contributed by atoms with Crippen LogP contribution in [0.2, 0.25) is 0 Å². The number of amides is 3. The lowest BCUT2D eigenvalue weighted by molar-refractivity contribution is -0.145. The van der Waals surface area contributed by atoms with E-state index in [0.29, 0.717) is 32.5 Å². The SMILES string of the molecule is C=CCNC(=O)C(=O)C(CCC)NC(=O)[C@@H]1[C@@H](C(C)C)CCN1C(=O)[C@@H](NC1OC1N[C@H](CN(C)S(=O)(=O)N1CCCCC1)C(C)(C)C)C(C)(C)C. The number of ketones is 1. The van der Waals surface area contributed by atoms with Crippen molar-refractivity contribution < 1.29 is 32.3 Å². The molecule has 7 atom stereocenters. The Kier molecular flexibility index (Phi) is 15.4. The largest absolute Gasteiger partial charge is 0.346 e. The number of hydrogen-bond acceptors (Lipinski definition) is 9. The number of likely N-dealkylation sites (tertiary alicyclic amines) is 1. The average Bonchev–Trinajstić information content (AvgIpc) is 3.64. The van der Waals surface area contributed by atoms with Crippen molar-refractivity contribution in [1.29, 1.82) is 0 Å². The maximum Gasteiger partial charge on any atom is 0.289 e. The number of ether oxygens (including phenoxy) is 1. The van der Waals surface area contributed by atoms with Crippen LogP contribution in [0.15, 0.2) is 12.7 Å². The molecule has 3 heterocycles. The molecule has 4 N–H and O–H groups in total. The van der Waals surface area contributed by atoms with Crippen LogP contribution in [0.1, 0.15) is 101 Å². The third-order valence-corrected chi connectivity index (χ3v) is 12.5. The lowest BCUT2D eigenvalue weighted by Gasteiger charge is -2.37. The Morgan fingerprint density at radius 3 is 2.12 bits per heavy atom. The molecule has 3 saturated heterocycles. The van der Waals surface area contributed by atoms with Crippen LogP contribution in [0.4, 0.5) is 0 Å². The van der Waals surface area contributed by atoms with Crippen LogP contribution in [0.5, 0.6) is 0 Å². The molecule has 298 valence electrons. The van der Waals surface area contributed by atoms with Crippen LogP contribution in [0.3, 0.4) is 0 Å². The molecule has 0 bridgehead atoms. The van der Waals surface area contributed by atoms with Gasteiger partial charge in [-0.2, -0.15) is 17.0 Å². The summed E-state index contributed by atoms with van der Waals surface area (Å²) in [6, 6.07) is -2.81. The molecule has 0 saturated carbocycles. The van der Waals surface area contributed by atoms with E-state index >= 15 is 0 Å². The Hall–Kier alpha value is -2.43. The lowest BCUT2D eigenvalue weighted by Crippen LogP contribution is -2.60. The molecule has 0 radical (unpaired) electrons. The van der Waals surface area contributed by atoms with Crippen molar-refractivity contribution in [3.63, 3.8) is 0 Å². The molecule has 3 rings (SSSR count). The second-order valence-electron chi connectivity index (χ2n) is 17.2. The molecule has 0 spiro atoms. The summed E-state index contributed by atoms with van der Waals surface area (Å²) in [5.74, 6) is -2.26. The topological polar surface area (TPSA) is 173 Å². The summed E-state index contributed by atoms with van der Waals surface area (Å²) in [7, 11) is -1.99. The minimum atomic E-state index is -3.61. The molecule has 0 aromatic carbocycles. The van der Waals surface area contributed by atoms with E-state index in [9.17, 15) is 27.6 Å². The number of piperidine rings is 1. The Morgan fingerprint density at radius 1 is 0.962 bits per heavy atom. The predicted octanol–water partition coefficient (Wildman–Crippen LogP) is 2.37. The van der Waals surface area contributed by atoms with Gasteiger partial charge in [-0.1, -0.05) is 81.2 Å². The van der Waals surface area contributed by atoms with E-state index in [1.165, 1.54) is 10.4 Å². The van der Waals surface area contributed by atoms with Gasteiger partial charge in [0.1, 0.15) is 6.04 Å². The third kappa shape index (κ3) is 11.3. The smallest absolute Gasteiger partial charge is 0.289 e. The van der Waals surface area contributed by atoms with Crippen molar-refractivity contribution in [2.24, 2.45) is 22.7 Å². The molecular formula is C37H67N7O7S. The van der Waals surface area contributed by atoms with E-state index in [0.717, 1.165) is 19.3 Å². The van der Waals surface area contributed by atoms with Gasteiger partial charge in [-0.3, -0.25) is 29.8 Å². The van der Waals surface area contributed by atoms with E-state index in [4.69, 9.17) is 4.74 Å². The summed E-state index contributed by atoms with van der Waals surface area (Å²) in [4.78, 5) is 55.7. The predicted molar refractivity (Wildman–Crippen MR) is 202 cm³/mol. The summed E-state index contributed by atoms with van der Waals surface area (Å²) >= 11 is 0. The van der Waals surface area contributed by atoms with Crippen LogP contribution < -0.4 is 21.3 Å². The number of carbonyl (C=O) groups is 4. The highest BCUT2D eigenvalue weighted by molar-refractivity contribution is 7.86. The number of carbonyl (C=O) groups excluding carboxylic acids is 4. The van der Waals surface area contributed by atoms with Crippen LogP contribution in [-0.4, -0.2) is 122 Å². The van der Waals surface area contributed by atoms with Crippen LogP contribution in [-0.2, 0) is 34.1 Å². The molecule has 0 aromatic heterocycles. The van der Waals surface area contributed by atoms with Crippen molar-refractivity contribution in [2.75, 3.05) is 39.8 Å². The first-order valence-electron chi connectivity index (χ1n) is 19.1. The molecular weight excluding hydrogens is 687 g/mol. The summed E-state index contributed by atoms with van der Waals surface area (Å²) < 4.78 is 35.8. The highest BCUT2D eigenvalue weighted by Gasteiger charge is 2.51. The zero-order chi connectivity index (χ0) is 39.2. The first kappa shape index (κ1) is 44.0. The molecule has 3 aliphatic heterocycles. The van der Waals surface area contributed by atoms with Gasteiger partial charge in [0.15, 0.2) is 12.5 Å². The van der Waals surface area contributed by atoms with Gasteiger partial charge in [0, 0.05) is 45.8 Å². The first-order chi connectivity index (χ1) is 24.1. The van der Waals surface area contributed by atoms with Crippen molar-refractivity contribution in [1.82, 2.24) is 34.8 Å². The van der Waals surface area contributed by atoms with Gasteiger partial charge in [-0.25, -0.2) is 0 Å². The Morgan fingerprint density at radius 2 is 1.58 bits per heavy atom. The zero-order valence-corrected chi connectivity index (χ0v) is 34.1. The number of likely N-dealkylation sites (N-methyl/N-ethyl adjacent to an activating group) is 1. The average molecular weight is 754 g/mol. The number of hydrogen-bond donors (Lipinski definition) is 4. The third-order valence-electron chi connectivity index (χ3n) is 10.5. The van der Waals surface area contributed by atoms with Gasteiger partial charge in [0.25, 0.3) is 16.1 Å². The van der Waals surface area contributed by atoms with Crippen LogP contribution >= 0.6 is 0 Å². The van der Waals surface area contributed by atoms with Crippen molar-refractivity contribution >= 4 is 33.7 Å². The monoisotopic (exact) mass is 753 g/mol. The fraction of sp³-hybridized carbons (Fsp3) is 0.838. The van der Waals surface area contributed by atoms with E-state index < -0.39 is 63.8 Å². The van der Waals surface area contributed by atoms with E-state index in [2.05, 4.69) is 27.8 Å². The Labute approximate surface area is 312 Å². The summed E-state index contributed by atoms with van der Waals surface area (Å²) in [5.41, 5.74) is -0.882. The Bertz CT molecular complexity index is 1370. The van der Waals surface area contributed by atoms with Crippen molar-refractivity contribution in [3.8, 4) is 0 Å². The normalized spacial score (nSPS) is 24.7. The lowest BCUT2D eigenvalue weighted by atomic mass is 9.84. The van der Waals surface area contributed by atoms with Crippen molar-refractivity contribution in [3.05, 3.63) is 12.7 Å². The fourth-order valence-corrected chi connectivity index (χ4v) is 8.58. The minimum absolute atomic E-state index is 0.0809. The van der Waals surface area contributed by atoms with Gasteiger partial charge >= 0.3 is 0 Å². The maximum atomic E-state index is 14.5. The molecule has 3 amide bonds. The van der Waals surface area contributed by atoms with E-state index in [1.807, 2.05) is 62.3 Å². The number of nitrogens with one attached hydrogen (secondary N) is 4. The number of Topliss-reactive ketones (excluding diaryl/α,β-unsaturated/α-hetero) is 1. The van der Waals surface area contributed by atoms with Gasteiger partial charge < -0.3 is 20.3 Å². The summed E-state index contributed by atoms with van der Waals surface area (Å²) in [6.45, 7) is 23.3. The van der Waals surface area contributed by atoms with E-state index in [-0.39, 0.29) is 48.7 Å². The molecule has 0 aromatic rings. The van der Waals surface area contributed by atoms with Gasteiger partial charge in [-0.15, -0.1) is 6.58 Å². The van der Waals surface area contributed by atoms with Crippen LogP contribution in [0, 0.1) is 22.7 Å². The highest BCUT2D eigenvalue weighted by Crippen LogP contribution is 2.35. The number of epoxide rings is 1. The molecule has 3 unspecified atom stereocenters. The second kappa shape index (κ2) is 18.3. The molecule has 14 nitrogen and oxygen atoms in total. The Balaban J connectivity index is 1.76. The zero-order valence-electron chi connectivity index (χ0n) is 33.3. The maximum absolute atomic E-state index is 14.5. The minimum Gasteiger partial charge on any atom is -0.346 e. The second-order valence-corrected chi connectivity index (χ2v) is 19.2. The van der Waals surface area contributed by atoms with Crippen molar-refractivity contribution in [2.45, 2.75) is 137 Å². The number of nitrogens with zero attached hydrogens (tertiary/aromatic N) is 3. The molecule has 52 heavy (non-hydrogen) atoms. The molecule has 0 aliphatic carbocycles. The first-order valence-corrected chi connectivity index (χ1v) is 20.5. The fourth-order valence-electron chi connectivity index (χ4n) is 7.13. The van der Waals surface area contributed by atoms with E-state index in [1.54, 1.807) is 16.3 Å². The van der Waals surface area contributed by atoms with Crippen LogP contribution in [0.25, 0.3) is 0 Å². The van der Waals surface area contributed by atoms with Gasteiger partial charge in [0.05, 0.1) is 12.1 Å². The molecule has 3 fully saturated rings. The molecule has 3 aliphatic rings. The van der Waals surface area contributed by atoms with Gasteiger partial charge in [-0.05, 0) is 48.3 Å². The number of rotatable bonds is 18. The molecule has 15 heteroatoms.